The van der Waals surface area contributed by atoms with E-state index in [9.17, 15) is 0 Å². The normalized spacial score (nSPS) is 13.0. The van der Waals surface area contributed by atoms with E-state index in [1.54, 1.807) is 0 Å². The van der Waals surface area contributed by atoms with Gasteiger partial charge in [0.15, 0.2) is 0 Å². The second-order valence-electron chi connectivity index (χ2n) is 15.9. The van der Waals surface area contributed by atoms with Crippen LogP contribution in [0.3, 0.4) is 0 Å². The highest BCUT2D eigenvalue weighted by atomic mass is 32.1. The van der Waals surface area contributed by atoms with Crippen molar-refractivity contribution in [2.24, 2.45) is 0 Å². The molecule has 11 rings (SSSR count). The number of thiophene rings is 1. The first kappa shape index (κ1) is 33.6. The number of anilines is 3. The molecule has 0 N–H and O–H groups in total. The maximum Gasteiger partial charge on any atom is 0.0651 e. The summed E-state index contributed by atoms with van der Waals surface area (Å²) in [6.45, 7) is 6.92. The minimum Gasteiger partial charge on any atom is -0.310 e. The second-order valence-corrected chi connectivity index (χ2v) is 17.1. The van der Waals surface area contributed by atoms with Crippen LogP contribution in [0.1, 0.15) is 29.9 Å². The average Bonchev–Trinajstić information content (AvgIpc) is 3.86. The highest BCUT2D eigenvalue weighted by Gasteiger charge is 2.35. The zero-order valence-corrected chi connectivity index (χ0v) is 33.0. The maximum atomic E-state index is 2.44. The van der Waals surface area contributed by atoms with Gasteiger partial charge in [-0.2, -0.15) is 0 Å². The molecule has 0 atom stereocenters. The lowest BCUT2D eigenvalue weighted by atomic mass is 9.82. The Bertz CT molecular complexity index is 3150. The average molecular weight is 749 g/mol. The monoisotopic (exact) mass is 748 g/mol. The number of aryl methyl sites for hydroxylation is 1. The van der Waals surface area contributed by atoms with Crippen LogP contribution in [-0.4, -0.2) is 4.57 Å². The fourth-order valence-electron chi connectivity index (χ4n) is 9.19. The molecule has 2 nitrogen and oxygen atoms in total. The molecule has 272 valence electrons. The molecule has 0 unspecified atom stereocenters. The van der Waals surface area contributed by atoms with Gasteiger partial charge in [0.1, 0.15) is 0 Å². The molecule has 10 aromatic rings. The summed E-state index contributed by atoms with van der Waals surface area (Å²) in [5, 5.41) is 3.80. The molecule has 0 spiro atoms. The number of rotatable bonds is 6. The van der Waals surface area contributed by atoms with E-state index in [1.807, 2.05) is 11.3 Å². The molecular formula is C54H40N2S. The fourth-order valence-corrected chi connectivity index (χ4v) is 10.2. The standard InChI is InChI=1S/C54H40N2S/c1-35-31-52-53(57-35)48-33-41(22-30-51(48)56(52)44-27-21-37-13-7-8-14-40(37)32-44)39-19-25-43(26-20-39)55(42-23-17-38(18-24-42)36-11-5-4-6-12-36)45-28-29-47-46-15-9-10-16-49(46)54(2,3)50(47)34-45/h4-34H,1-3H3. The van der Waals surface area contributed by atoms with Crippen molar-refractivity contribution in [1.82, 2.24) is 4.57 Å². The van der Waals surface area contributed by atoms with Gasteiger partial charge in [-0.05, 0) is 129 Å². The van der Waals surface area contributed by atoms with E-state index >= 15 is 0 Å². The molecule has 1 aliphatic rings. The van der Waals surface area contributed by atoms with Crippen molar-refractivity contribution in [3.63, 3.8) is 0 Å². The number of benzene rings is 8. The Morgan fingerprint density at radius 2 is 1.07 bits per heavy atom. The van der Waals surface area contributed by atoms with Crippen LogP contribution >= 0.6 is 11.3 Å². The molecular weight excluding hydrogens is 709 g/mol. The Kier molecular flexibility index (Phi) is 7.64. The van der Waals surface area contributed by atoms with Crippen LogP contribution in [0.2, 0.25) is 0 Å². The van der Waals surface area contributed by atoms with Gasteiger partial charge in [0.05, 0.1) is 15.7 Å². The molecule has 2 heterocycles. The van der Waals surface area contributed by atoms with E-state index in [-0.39, 0.29) is 5.41 Å². The van der Waals surface area contributed by atoms with Gasteiger partial charge in [-0.3, -0.25) is 0 Å². The van der Waals surface area contributed by atoms with Gasteiger partial charge in [-0.25, -0.2) is 0 Å². The molecule has 0 amide bonds. The SMILES string of the molecule is Cc1cc2c(s1)c1cc(-c3ccc(N(c4ccc(-c5ccccc5)cc4)c4ccc5c(c4)C(C)(C)c4ccccc4-5)cc3)ccc1n2-c1ccc2ccccc2c1. The zero-order chi connectivity index (χ0) is 38.3. The Balaban J connectivity index is 1.00. The van der Waals surface area contributed by atoms with Gasteiger partial charge in [0.2, 0.25) is 0 Å². The van der Waals surface area contributed by atoms with Crippen molar-refractivity contribution in [1.29, 1.82) is 0 Å². The first-order valence-corrected chi connectivity index (χ1v) is 20.6. The minimum absolute atomic E-state index is 0.0902. The van der Waals surface area contributed by atoms with Crippen LogP contribution in [0, 0.1) is 6.92 Å². The number of hydrogen-bond donors (Lipinski definition) is 0. The zero-order valence-electron chi connectivity index (χ0n) is 32.2. The largest absolute Gasteiger partial charge is 0.310 e. The molecule has 0 fully saturated rings. The topological polar surface area (TPSA) is 8.17 Å². The third kappa shape index (κ3) is 5.45. The molecule has 0 radical (unpaired) electrons. The van der Waals surface area contributed by atoms with Crippen LogP contribution in [-0.2, 0) is 5.41 Å². The van der Waals surface area contributed by atoms with Gasteiger partial charge in [-0.1, -0.05) is 135 Å². The van der Waals surface area contributed by atoms with Crippen LogP contribution in [0.5, 0.6) is 0 Å². The van der Waals surface area contributed by atoms with Crippen LogP contribution < -0.4 is 4.90 Å². The van der Waals surface area contributed by atoms with Crippen LogP contribution in [0.25, 0.3) is 71.0 Å². The third-order valence-corrected chi connectivity index (χ3v) is 13.1. The van der Waals surface area contributed by atoms with Crippen molar-refractivity contribution in [2.75, 3.05) is 4.90 Å². The Morgan fingerprint density at radius 3 is 1.84 bits per heavy atom. The quantitative estimate of drug-likeness (QED) is 0.164. The molecule has 0 saturated heterocycles. The molecule has 2 aromatic heterocycles. The van der Waals surface area contributed by atoms with E-state index in [4.69, 9.17) is 0 Å². The summed E-state index contributed by atoms with van der Waals surface area (Å²) in [5.74, 6) is 0. The summed E-state index contributed by atoms with van der Waals surface area (Å²) in [4.78, 5) is 3.73. The highest BCUT2D eigenvalue weighted by Crippen LogP contribution is 2.51. The third-order valence-electron chi connectivity index (χ3n) is 12.1. The molecule has 0 aliphatic heterocycles. The fraction of sp³-hybridized carbons (Fsp3) is 0.0741. The lowest BCUT2D eigenvalue weighted by Crippen LogP contribution is -2.16. The lowest BCUT2D eigenvalue weighted by molar-refractivity contribution is 0.660. The molecule has 0 saturated carbocycles. The molecule has 57 heavy (non-hydrogen) atoms. The van der Waals surface area contributed by atoms with Crippen LogP contribution in [0.15, 0.2) is 188 Å². The van der Waals surface area contributed by atoms with Crippen molar-refractivity contribution < 1.29 is 0 Å². The molecule has 3 heteroatoms. The summed E-state index contributed by atoms with van der Waals surface area (Å²) in [5.41, 5.74) is 17.3. The Morgan fingerprint density at radius 1 is 0.456 bits per heavy atom. The van der Waals surface area contributed by atoms with Gasteiger partial charge in [-0.15, -0.1) is 11.3 Å². The van der Waals surface area contributed by atoms with Gasteiger partial charge in [0.25, 0.3) is 0 Å². The van der Waals surface area contributed by atoms with Gasteiger partial charge in [0, 0.05) is 38.4 Å². The Hall–Kier alpha value is -6.68. The van der Waals surface area contributed by atoms with Crippen molar-refractivity contribution >= 4 is 60.3 Å². The molecule has 8 aromatic carbocycles. The van der Waals surface area contributed by atoms with Crippen molar-refractivity contribution in [3.8, 4) is 39.1 Å². The molecule has 0 bridgehead atoms. The van der Waals surface area contributed by atoms with Crippen LogP contribution in [0.4, 0.5) is 17.1 Å². The maximum absolute atomic E-state index is 2.44. The summed E-state index contributed by atoms with van der Waals surface area (Å²) in [7, 11) is 0. The van der Waals surface area contributed by atoms with E-state index in [0.29, 0.717) is 0 Å². The summed E-state index contributed by atoms with van der Waals surface area (Å²) in [6.07, 6.45) is 0. The van der Waals surface area contributed by atoms with Gasteiger partial charge < -0.3 is 9.47 Å². The number of aromatic nitrogens is 1. The van der Waals surface area contributed by atoms with E-state index in [2.05, 4.69) is 218 Å². The summed E-state index contributed by atoms with van der Waals surface area (Å²) in [6, 6.07) is 69.4. The highest BCUT2D eigenvalue weighted by molar-refractivity contribution is 7.20. The Labute approximate surface area is 337 Å². The predicted molar refractivity (Wildman–Crippen MR) is 244 cm³/mol. The van der Waals surface area contributed by atoms with E-state index < -0.39 is 0 Å². The van der Waals surface area contributed by atoms with E-state index in [1.165, 1.54) is 87.0 Å². The smallest absolute Gasteiger partial charge is 0.0651 e. The number of fused-ring (bicyclic) bond motifs is 7. The first-order valence-electron chi connectivity index (χ1n) is 19.7. The minimum atomic E-state index is -0.0902. The van der Waals surface area contributed by atoms with E-state index in [0.717, 1.165) is 17.1 Å². The van der Waals surface area contributed by atoms with Crippen molar-refractivity contribution in [3.05, 3.63) is 204 Å². The van der Waals surface area contributed by atoms with Gasteiger partial charge >= 0.3 is 0 Å². The summed E-state index contributed by atoms with van der Waals surface area (Å²) >= 11 is 1.88. The lowest BCUT2D eigenvalue weighted by Gasteiger charge is -2.28. The number of nitrogens with zero attached hydrogens (tertiary/aromatic N) is 2. The summed E-state index contributed by atoms with van der Waals surface area (Å²) < 4.78 is 3.77. The van der Waals surface area contributed by atoms with Crippen molar-refractivity contribution in [2.45, 2.75) is 26.2 Å². The predicted octanol–water partition coefficient (Wildman–Crippen LogP) is 15.4. The second kappa shape index (κ2) is 12.9. The molecule has 1 aliphatic carbocycles. The first-order chi connectivity index (χ1) is 27.9. The number of hydrogen-bond acceptors (Lipinski definition) is 2.